The lowest BCUT2D eigenvalue weighted by Crippen LogP contribution is -2.32. The molecule has 2 heterocycles. The maximum absolute atomic E-state index is 6.05. The monoisotopic (exact) mass is 276 g/mol. The Hall–Kier alpha value is -2.62. The second-order valence-corrected chi connectivity index (χ2v) is 5.39. The van der Waals surface area contributed by atoms with Gasteiger partial charge in [-0.1, -0.05) is 30.3 Å². The maximum atomic E-state index is 6.05. The third-order valence-corrected chi connectivity index (χ3v) is 4.06. The van der Waals surface area contributed by atoms with Crippen LogP contribution in [0.4, 0.5) is 11.6 Å². The molecular weight excluding hydrogens is 260 g/mol. The van der Waals surface area contributed by atoms with E-state index in [-0.39, 0.29) is 0 Å². The van der Waals surface area contributed by atoms with Gasteiger partial charge in [0.25, 0.3) is 0 Å². The molecule has 0 fully saturated rings. The quantitative estimate of drug-likeness (QED) is 0.694. The van der Waals surface area contributed by atoms with Crippen molar-refractivity contribution in [2.75, 3.05) is 17.2 Å². The van der Waals surface area contributed by atoms with Crippen molar-refractivity contribution in [1.82, 2.24) is 9.97 Å². The van der Waals surface area contributed by atoms with Gasteiger partial charge in [0.15, 0.2) is 0 Å². The van der Waals surface area contributed by atoms with Gasteiger partial charge in [0.2, 0.25) is 5.95 Å². The van der Waals surface area contributed by atoms with Gasteiger partial charge < -0.3 is 10.6 Å². The summed E-state index contributed by atoms with van der Waals surface area (Å²) in [5.74, 6) is 0.793. The largest absolute Gasteiger partial charge is 0.398 e. The molecule has 4 nitrogen and oxygen atoms in total. The van der Waals surface area contributed by atoms with Crippen LogP contribution in [0, 0.1) is 0 Å². The molecule has 4 rings (SSSR count). The Kier molecular flexibility index (Phi) is 2.74. The molecule has 0 aliphatic carbocycles. The van der Waals surface area contributed by atoms with E-state index < -0.39 is 0 Å². The zero-order chi connectivity index (χ0) is 14.2. The summed E-state index contributed by atoms with van der Waals surface area (Å²) in [4.78, 5) is 11.4. The highest BCUT2D eigenvalue weighted by atomic mass is 15.2. The first kappa shape index (κ1) is 12.1. The number of nitrogens with two attached hydrogens (primary N) is 1. The van der Waals surface area contributed by atoms with Gasteiger partial charge in [0.05, 0.1) is 5.52 Å². The zero-order valence-corrected chi connectivity index (χ0v) is 11.7. The summed E-state index contributed by atoms with van der Waals surface area (Å²) in [6.07, 6.45) is 2.84. The molecule has 2 aromatic carbocycles. The van der Waals surface area contributed by atoms with Crippen LogP contribution in [0.3, 0.4) is 0 Å². The van der Waals surface area contributed by atoms with E-state index in [1.807, 2.05) is 42.6 Å². The molecule has 1 aliphatic rings. The van der Waals surface area contributed by atoms with Crippen LogP contribution in [0.15, 0.2) is 48.7 Å². The summed E-state index contributed by atoms with van der Waals surface area (Å²) in [6.45, 7) is 1.72. The van der Waals surface area contributed by atoms with Crippen LogP contribution >= 0.6 is 0 Å². The fourth-order valence-corrected chi connectivity index (χ4v) is 2.92. The van der Waals surface area contributed by atoms with Crippen LogP contribution in [0.25, 0.3) is 10.9 Å². The predicted molar refractivity (Wildman–Crippen MR) is 85.1 cm³/mol. The van der Waals surface area contributed by atoms with E-state index in [2.05, 4.69) is 20.9 Å². The van der Waals surface area contributed by atoms with Crippen LogP contribution < -0.4 is 10.6 Å². The van der Waals surface area contributed by atoms with E-state index in [4.69, 9.17) is 5.73 Å². The van der Waals surface area contributed by atoms with Gasteiger partial charge in [0, 0.05) is 30.4 Å². The topological polar surface area (TPSA) is 55.0 Å². The Balaban J connectivity index is 1.70. The van der Waals surface area contributed by atoms with Crippen molar-refractivity contribution >= 4 is 22.5 Å². The Labute approximate surface area is 123 Å². The van der Waals surface area contributed by atoms with Crippen molar-refractivity contribution in [3.05, 3.63) is 59.8 Å². The summed E-state index contributed by atoms with van der Waals surface area (Å²) in [6, 6.07) is 14.2. The molecular formula is C17H16N4. The number of benzene rings is 2. The first-order chi connectivity index (χ1) is 10.3. The third-order valence-electron chi connectivity index (χ3n) is 4.06. The SMILES string of the molecule is Nc1cccc2c1CCN(c1ncc3ccccc3n1)C2. The summed E-state index contributed by atoms with van der Waals surface area (Å²) in [5.41, 5.74) is 10.5. The molecule has 0 amide bonds. The molecule has 0 unspecified atom stereocenters. The van der Waals surface area contributed by atoms with E-state index in [0.717, 1.165) is 42.0 Å². The van der Waals surface area contributed by atoms with Gasteiger partial charge in [0.1, 0.15) is 0 Å². The molecule has 1 aliphatic heterocycles. The van der Waals surface area contributed by atoms with Gasteiger partial charge in [-0.15, -0.1) is 0 Å². The highest BCUT2D eigenvalue weighted by Gasteiger charge is 2.19. The highest BCUT2D eigenvalue weighted by molar-refractivity contribution is 5.78. The Morgan fingerprint density at radius 1 is 1.05 bits per heavy atom. The fourth-order valence-electron chi connectivity index (χ4n) is 2.92. The number of hydrogen-bond donors (Lipinski definition) is 1. The molecule has 0 saturated heterocycles. The highest BCUT2D eigenvalue weighted by Crippen LogP contribution is 2.26. The van der Waals surface area contributed by atoms with Gasteiger partial charge in [-0.2, -0.15) is 0 Å². The van der Waals surface area contributed by atoms with Crippen LogP contribution in [0.1, 0.15) is 11.1 Å². The maximum Gasteiger partial charge on any atom is 0.226 e. The molecule has 21 heavy (non-hydrogen) atoms. The number of nitrogens with zero attached hydrogens (tertiary/aromatic N) is 3. The standard InChI is InChI=1S/C17H16N4/c18-15-6-3-5-13-11-21(9-8-14(13)15)17-19-10-12-4-1-2-7-16(12)20-17/h1-7,10H,8-9,11,18H2. The number of rotatable bonds is 1. The third kappa shape index (κ3) is 2.09. The molecule has 0 radical (unpaired) electrons. The van der Waals surface area contributed by atoms with Crippen molar-refractivity contribution < 1.29 is 0 Å². The Morgan fingerprint density at radius 2 is 1.95 bits per heavy atom. The van der Waals surface area contributed by atoms with Crippen molar-refractivity contribution in [3.63, 3.8) is 0 Å². The van der Waals surface area contributed by atoms with Crippen LogP contribution in [-0.4, -0.2) is 16.5 Å². The van der Waals surface area contributed by atoms with Crippen LogP contribution in [0.5, 0.6) is 0 Å². The smallest absolute Gasteiger partial charge is 0.226 e. The Bertz CT molecular complexity index is 813. The second kappa shape index (κ2) is 4.74. The van der Waals surface area contributed by atoms with E-state index in [9.17, 15) is 0 Å². The molecule has 0 spiro atoms. The van der Waals surface area contributed by atoms with E-state index in [0.29, 0.717) is 0 Å². The number of hydrogen-bond acceptors (Lipinski definition) is 4. The average Bonchev–Trinajstić information content (AvgIpc) is 2.54. The summed E-state index contributed by atoms with van der Waals surface area (Å²) in [5, 5.41) is 1.07. The normalized spacial score (nSPS) is 14.2. The minimum atomic E-state index is 0.793. The van der Waals surface area contributed by atoms with Crippen LogP contribution in [-0.2, 0) is 13.0 Å². The van der Waals surface area contributed by atoms with E-state index >= 15 is 0 Å². The summed E-state index contributed by atoms with van der Waals surface area (Å²) in [7, 11) is 0. The lowest BCUT2D eigenvalue weighted by Gasteiger charge is -2.29. The van der Waals surface area contributed by atoms with Crippen molar-refractivity contribution in [2.24, 2.45) is 0 Å². The molecule has 3 aromatic rings. The van der Waals surface area contributed by atoms with Gasteiger partial charge in [-0.05, 0) is 29.7 Å². The minimum absolute atomic E-state index is 0.793. The molecule has 0 saturated carbocycles. The minimum Gasteiger partial charge on any atom is -0.398 e. The molecule has 0 atom stereocenters. The van der Waals surface area contributed by atoms with Gasteiger partial charge in [-0.3, -0.25) is 0 Å². The van der Waals surface area contributed by atoms with Crippen molar-refractivity contribution in [2.45, 2.75) is 13.0 Å². The zero-order valence-electron chi connectivity index (χ0n) is 11.7. The number of nitrogen functional groups attached to an aromatic ring is 1. The number of anilines is 2. The first-order valence-electron chi connectivity index (χ1n) is 7.14. The van der Waals surface area contributed by atoms with Crippen molar-refractivity contribution in [3.8, 4) is 0 Å². The number of fused-ring (bicyclic) bond motifs is 2. The lowest BCUT2D eigenvalue weighted by atomic mass is 9.98. The van der Waals surface area contributed by atoms with Crippen molar-refractivity contribution in [1.29, 1.82) is 0 Å². The molecule has 4 heteroatoms. The molecule has 0 bridgehead atoms. The fraction of sp³-hybridized carbons (Fsp3) is 0.176. The van der Waals surface area contributed by atoms with Gasteiger partial charge in [-0.25, -0.2) is 9.97 Å². The summed E-state index contributed by atoms with van der Waals surface area (Å²) >= 11 is 0. The predicted octanol–water partition coefficient (Wildman–Crippen LogP) is 2.77. The molecule has 1 aromatic heterocycles. The van der Waals surface area contributed by atoms with E-state index in [1.54, 1.807) is 0 Å². The molecule has 104 valence electrons. The van der Waals surface area contributed by atoms with Gasteiger partial charge >= 0.3 is 0 Å². The lowest BCUT2D eigenvalue weighted by molar-refractivity contribution is 0.711. The molecule has 2 N–H and O–H groups in total. The first-order valence-corrected chi connectivity index (χ1v) is 7.14. The number of para-hydroxylation sites is 1. The van der Waals surface area contributed by atoms with Crippen LogP contribution in [0.2, 0.25) is 0 Å². The van der Waals surface area contributed by atoms with E-state index in [1.165, 1.54) is 11.1 Å². The second-order valence-electron chi connectivity index (χ2n) is 5.39. The number of aromatic nitrogens is 2. The average molecular weight is 276 g/mol. The summed E-state index contributed by atoms with van der Waals surface area (Å²) < 4.78 is 0. The Morgan fingerprint density at radius 3 is 2.90 bits per heavy atom.